The minimum Gasteiger partial charge on any atom is -0.319 e. The van der Waals surface area contributed by atoms with Crippen LogP contribution in [0.25, 0.3) is 5.69 Å². The maximum absolute atomic E-state index is 13.2. The summed E-state index contributed by atoms with van der Waals surface area (Å²) in [6, 6.07) is 23.6. The Morgan fingerprint density at radius 2 is 1.66 bits per heavy atom. The first kappa shape index (κ1) is 18.6. The number of aryl methyl sites for hydroxylation is 1. The molecule has 3 aromatic carbocycles. The number of rotatable bonds is 5. The average molecular weight is 386 g/mol. The Morgan fingerprint density at radius 3 is 2.41 bits per heavy atom. The number of halogens is 1. The van der Waals surface area contributed by atoms with E-state index in [1.165, 1.54) is 16.8 Å². The van der Waals surface area contributed by atoms with E-state index in [-0.39, 0.29) is 11.6 Å². The fraction of sp³-hybridized carbons (Fsp3) is 0.0870. The van der Waals surface area contributed by atoms with Crippen molar-refractivity contribution in [1.29, 1.82) is 0 Å². The Hall–Kier alpha value is -3.80. The summed E-state index contributed by atoms with van der Waals surface area (Å²) in [4.78, 5) is 17.0. The molecule has 0 aliphatic rings. The van der Waals surface area contributed by atoms with Gasteiger partial charge in [-0.15, -0.1) is 5.10 Å². The Labute approximate surface area is 167 Å². The van der Waals surface area contributed by atoms with Crippen LogP contribution in [0.15, 0.2) is 78.9 Å². The molecule has 0 unspecified atom stereocenters. The number of nitrogens with one attached hydrogen (secondary N) is 1. The van der Waals surface area contributed by atoms with Gasteiger partial charge in [0.1, 0.15) is 11.6 Å². The zero-order chi connectivity index (χ0) is 20.2. The van der Waals surface area contributed by atoms with Crippen LogP contribution >= 0.6 is 0 Å². The second kappa shape index (κ2) is 8.06. The SMILES string of the molecule is Cc1nc(C(=O)Nc2ccccc2Cc2ccccc2)nn1-c1ccc(F)cc1. The summed E-state index contributed by atoms with van der Waals surface area (Å²) in [5.41, 5.74) is 3.52. The van der Waals surface area contributed by atoms with Gasteiger partial charge in [-0.05, 0) is 54.8 Å². The van der Waals surface area contributed by atoms with Crippen molar-refractivity contribution >= 4 is 11.6 Å². The van der Waals surface area contributed by atoms with Crippen LogP contribution in [-0.4, -0.2) is 20.7 Å². The molecule has 0 fully saturated rings. The van der Waals surface area contributed by atoms with E-state index in [1.54, 1.807) is 19.1 Å². The highest BCUT2D eigenvalue weighted by Crippen LogP contribution is 2.20. The molecule has 1 aromatic heterocycles. The number of carbonyl (C=O) groups excluding carboxylic acids is 1. The van der Waals surface area contributed by atoms with E-state index in [0.717, 1.165) is 16.8 Å². The first-order chi connectivity index (χ1) is 14.1. The number of aromatic nitrogens is 3. The number of benzene rings is 3. The molecule has 0 atom stereocenters. The van der Waals surface area contributed by atoms with Gasteiger partial charge in [-0.3, -0.25) is 4.79 Å². The minimum absolute atomic E-state index is 0.0568. The molecule has 1 heterocycles. The van der Waals surface area contributed by atoms with E-state index in [2.05, 4.69) is 15.4 Å². The van der Waals surface area contributed by atoms with Crippen LogP contribution < -0.4 is 5.32 Å². The summed E-state index contributed by atoms with van der Waals surface area (Å²) >= 11 is 0. The lowest BCUT2D eigenvalue weighted by Gasteiger charge is -2.10. The molecule has 1 amide bonds. The summed E-state index contributed by atoms with van der Waals surface area (Å²) in [5, 5.41) is 7.20. The highest BCUT2D eigenvalue weighted by molar-refractivity contribution is 6.02. The number of anilines is 1. The molecule has 0 radical (unpaired) electrons. The van der Waals surface area contributed by atoms with E-state index in [1.807, 2.05) is 54.6 Å². The first-order valence-electron chi connectivity index (χ1n) is 9.23. The van der Waals surface area contributed by atoms with Crippen LogP contribution in [0, 0.1) is 12.7 Å². The average Bonchev–Trinajstić information content (AvgIpc) is 3.13. The van der Waals surface area contributed by atoms with Gasteiger partial charge in [0.25, 0.3) is 5.91 Å². The lowest BCUT2D eigenvalue weighted by Crippen LogP contribution is -2.15. The number of hydrogen-bond donors (Lipinski definition) is 1. The molecule has 4 rings (SSSR count). The standard InChI is InChI=1S/C23H19FN4O/c1-16-25-22(27-28(16)20-13-11-19(24)12-14-20)23(29)26-21-10-6-5-9-18(21)15-17-7-3-2-4-8-17/h2-14H,15H2,1H3,(H,26,29). The molecule has 0 aliphatic carbocycles. The van der Waals surface area contributed by atoms with Crippen molar-refractivity contribution < 1.29 is 9.18 Å². The van der Waals surface area contributed by atoms with Crippen LogP contribution in [0.1, 0.15) is 27.6 Å². The maximum atomic E-state index is 13.2. The quantitative estimate of drug-likeness (QED) is 0.547. The normalized spacial score (nSPS) is 10.7. The van der Waals surface area contributed by atoms with Crippen LogP contribution in [0.4, 0.5) is 10.1 Å². The summed E-state index contributed by atoms with van der Waals surface area (Å²) < 4.78 is 14.7. The number of para-hydroxylation sites is 1. The predicted molar refractivity (Wildman–Crippen MR) is 110 cm³/mol. The summed E-state index contributed by atoms with van der Waals surface area (Å²) in [6.07, 6.45) is 0.702. The molecule has 4 aromatic rings. The van der Waals surface area contributed by atoms with Crippen LogP contribution in [0.5, 0.6) is 0 Å². The lowest BCUT2D eigenvalue weighted by molar-refractivity contribution is 0.101. The highest BCUT2D eigenvalue weighted by Gasteiger charge is 2.17. The molecule has 1 N–H and O–H groups in total. The van der Waals surface area contributed by atoms with Gasteiger partial charge in [-0.25, -0.2) is 14.1 Å². The zero-order valence-corrected chi connectivity index (χ0v) is 15.8. The van der Waals surface area contributed by atoms with Crippen LogP contribution in [0.3, 0.4) is 0 Å². The van der Waals surface area contributed by atoms with Gasteiger partial charge in [0.2, 0.25) is 5.82 Å². The number of amides is 1. The lowest BCUT2D eigenvalue weighted by atomic mass is 10.0. The van der Waals surface area contributed by atoms with Crippen molar-refractivity contribution in [3.63, 3.8) is 0 Å². The monoisotopic (exact) mass is 386 g/mol. The third kappa shape index (κ3) is 4.21. The Morgan fingerprint density at radius 1 is 0.966 bits per heavy atom. The van der Waals surface area contributed by atoms with E-state index in [0.29, 0.717) is 17.9 Å². The van der Waals surface area contributed by atoms with Crippen molar-refractivity contribution in [2.24, 2.45) is 0 Å². The fourth-order valence-electron chi connectivity index (χ4n) is 3.10. The zero-order valence-electron chi connectivity index (χ0n) is 15.8. The van der Waals surface area contributed by atoms with E-state index >= 15 is 0 Å². The molecule has 144 valence electrons. The van der Waals surface area contributed by atoms with Crippen molar-refractivity contribution in [1.82, 2.24) is 14.8 Å². The molecular formula is C23H19FN4O. The largest absolute Gasteiger partial charge is 0.319 e. The van der Waals surface area contributed by atoms with Gasteiger partial charge < -0.3 is 5.32 Å². The van der Waals surface area contributed by atoms with Crippen molar-refractivity contribution in [2.75, 3.05) is 5.32 Å². The van der Waals surface area contributed by atoms with E-state index in [9.17, 15) is 9.18 Å². The Bertz CT molecular complexity index is 1140. The molecule has 0 saturated heterocycles. The molecule has 5 nitrogen and oxygen atoms in total. The topological polar surface area (TPSA) is 59.8 Å². The van der Waals surface area contributed by atoms with Crippen LogP contribution in [0.2, 0.25) is 0 Å². The second-order valence-corrected chi connectivity index (χ2v) is 6.64. The number of carbonyl (C=O) groups is 1. The van der Waals surface area contributed by atoms with Crippen molar-refractivity contribution in [3.05, 3.63) is 107 Å². The van der Waals surface area contributed by atoms with Gasteiger partial charge >= 0.3 is 0 Å². The van der Waals surface area contributed by atoms with E-state index < -0.39 is 5.91 Å². The van der Waals surface area contributed by atoms with Crippen LogP contribution in [-0.2, 0) is 6.42 Å². The third-order valence-electron chi connectivity index (χ3n) is 4.55. The molecule has 0 spiro atoms. The van der Waals surface area contributed by atoms with Gasteiger partial charge in [-0.2, -0.15) is 0 Å². The van der Waals surface area contributed by atoms with Gasteiger partial charge in [0, 0.05) is 5.69 Å². The minimum atomic E-state index is -0.394. The highest BCUT2D eigenvalue weighted by atomic mass is 19.1. The fourth-order valence-corrected chi connectivity index (χ4v) is 3.10. The van der Waals surface area contributed by atoms with Gasteiger partial charge in [-0.1, -0.05) is 48.5 Å². The van der Waals surface area contributed by atoms with Crippen molar-refractivity contribution in [2.45, 2.75) is 13.3 Å². The first-order valence-corrected chi connectivity index (χ1v) is 9.23. The molecule has 0 saturated carbocycles. The molecular weight excluding hydrogens is 367 g/mol. The second-order valence-electron chi connectivity index (χ2n) is 6.64. The Balaban J connectivity index is 1.56. The third-order valence-corrected chi connectivity index (χ3v) is 4.55. The summed E-state index contributed by atoms with van der Waals surface area (Å²) in [6.45, 7) is 1.75. The maximum Gasteiger partial charge on any atom is 0.295 e. The summed E-state index contributed by atoms with van der Waals surface area (Å²) in [5.74, 6) is -0.130. The summed E-state index contributed by atoms with van der Waals surface area (Å²) in [7, 11) is 0. The number of nitrogens with zero attached hydrogens (tertiary/aromatic N) is 3. The smallest absolute Gasteiger partial charge is 0.295 e. The Kier molecular flexibility index (Phi) is 5.16. The van der Waals surface area contributed by atoms with Gasteiger partial charge in [0.05, 0.1) is 5.69 Å². The van der Waals surface area contributed by atoms with E-state index in [4.69, 9.17) is 0 Å². The van der Waals surface area contributed by atoms with Gasteiger partial charge in [0.15, 0.2) is 0 Å². The predicted octanol–water partition coefficient (Wildman–Crippen LogP) is 4.56. The molecule has 6 heteroatoms. The molecule has 0 aliphatic heterocycles. The molecule has 0 bridgehead atoms. The number of hydrogen-bond acceptors (Lipinski definition) is 3. The van der Waals surface area contributed by atoms with Crippen molar-refractivity contribution in [3.8, 4) is 5.69 Å². The molecule has 29 heavy (non-hydrogen) atoms.